The predicted octanol–water partition coefficient (Wildman–Crippen LogP) is 5.65. The molecule has 156 valence electrons. The minimum absolute atomic E-state index is 0.237. The van der Waals surface area contributed by atoms with Gasteiger partial charge in [0, 0.05) is 0 Å². The summed E-state index contributed by atoms with van der Waals surface area (Å²) < 4.78 is 10.9. The highest BCUT2D eigenvalue weighted by atomic mass is 32.2. The molecule has 0 bridgehead atoms. The first-order chi connectivity index (χ1) is 15.1. The summed E-state index contributed by atoms with van der Waals surface area (Å²) in [6.45, 7) is 4.24. The molecule has 1 aliphatic rings. The maximum absolute atomic E-state index is 13.0. The lowest BCUT2D eigenvalue weighted by Crippen LogP contribution is -2.27. The van der Waals surface area contributed by atoms with Crippen LogP contribution >= 0.6 is 11.8 Å². The maximum atomic E-state index is 13.0. The molecule has 0 unspecified atom stereocenters. The number of benzene rings is 3. The molecule has 0 N–H and O–H groups in total. The molecule has 0 spiro atoms. The number of hydrogen-bond donors (Lipinski definition) is 0. The van der Waals surface area contributed by atoms with Crippen LogP contribution in [0.15, 0.2) is 78.2 Å². The van der Waals surface area contributed by atoms with E-state index in [0.29, 0.717) is 23.0 Å². The molecular weight excluding hydrogens is 410 g/mol. The SMILES string of the molecule is C=CCOc1ccc(/C=C2\SC(=O)N(Cc3cccc4ccccc34)C2=O)cc1OC. The smallest absolute Gasteiger partial charge is 0.293 e. The summed E-state index contributed by atoms with van der Waals surface area (Å²) in [4.78, 5) is 27.2. The van der Waals surface area contributed by atoms with Crippen LogP contribution in [0.2, 0.25) is 0 Å². The predicted molar refractivity (Wildman–Crippen MR) is 124 cm³/mol. The Labute approximate surface area is 185 Å². The van der Waals surface area contributed by atoms with E-state index in [9.17, 15) is 9.59 Å². The van der Waals surface area contributed by atoms with E-state index in [0.717, 1.165) is 33.7 Å². The van der Waals surface area contributed by atoms with Crippen LogP contribution in [0.25, 0.3) is 16.8 Å². The van der Waals surface area contributed by atoms with Gasteiger partial charge in [-0.15, -0.1) is 0 Å². The van der Waals surface area contributed by atoms with E-state index in [1.807, 2.05) is 48.5 Å². The first-order valence-electron chi connectivity index (χ1n) is 9.74. The Morgan fingerprint density at radius 3 is 2.65 bits per heavy atom. The number of imide groups is 1. The fraction of sp³-hybridized carbons (Fsp3) is 0.120. The van der Waals surface area contributed by atoms with E-state index >= 15 is 0 Å². The van der Waals surface area contributed by atoms with Crippen molar-refractivity contribution in [3.8, 4) is 11.5 Å². The fourth-order valence-electron chi connectivity index (χ4n) is 3.43. The highest BCUT2D eigenvalue weighted by Gasteiger charge is 2.35. The van der Waals surface area contributed by atoms with Gasteiger partial charge in [0.05, 0.1) is 18.6 Å². The van der Waals surface area contributed by atoms with Crippen molar-refractivity contribution >= 4 is 39.8 Å². The van der Waals surface area contributed by atoms with Crippen molar-refractivity contribution in [1.82, 2.24) is 4.90 Å². The number of methoxy groups -OCH3 is 1. The van der Waals surface area contributed by atoms with Gasteiger partial charge in [-0.05, 0) is 51.9 Å². The number of hydrogen-bond acceptors (Lipinski definition) is 5. The number of amides is 2. The molecule has 0 aliphatic carbocycles. The molecule has 1 saturated heterocycles. The molecule has 1 aliphatic heterocycles. The van der Waals surface area contributed by atoms with E-state index in [4.69, 9.17) is 9.47 Å². The van der Waals surface area contributed by atoms with Crippen molar-refractivity contribution in [2.24, 2.45) is 0 Å². The summed E-state index contributed by atoms with van der Waals surface area (Å²) in [7, 11) is 1.55. The van der Waals surface area contributed by atoms with E-state index < -0.39 is 0 Å². The Kier molecular flexibility index (Phi) is 6.09. The first kappa shape index (κ1) is 20.8. The lowest BCUT2D eigenvalue weighted by atomic mass is 10.0. The van der Waals surface area contributed by atoms with Crippen molar-refractivity contribution in [2.75, 3.05) is 13.7 Å². The largest absolute Gasteiger partial charge is 0.493 e. The second kappa shape index (κ2) is 9.10. The Hall–Kier alpha value is -3.51. The first-order valence-corrected chi connectivity index (χ1v) is 10.6. The number of thioether (sulfide) groups is 1. The van der Waals surface area contributed by atoms with Gasteiger partial charge in [-0.25, -0.2) is 0 Å². The van der Waals surface area contributed by atoms with Crippen LogP contribution in [-0.2, 0) is 11.3 Å². The molecule has 6 heteroatoms. The summed E-state index contributed by atoms with van der Waals surface area (Å²) in [5.74, 6) is 0.836. The maximum Gasteiger partial charge on any atom is 0.293 e. The van der Waals surface area contributed by atoms with Crippen LogP contribution in [0.4, 0.5) is 4.79 Å². The normalized spacial score (nSPS) is 15.0. The molecule has 4 rings (SSSR count). The molecule has 1 fully saturated rings. The molecule has 2 amide bonds. The molecule has 0 aromatic heterocycles. The van der Waals surface area contributed by atoms with Gasteiger partial charge in [0.1, 0.15) is 6.61 Å². The number of rotatable bonds is 7. The molecule has 1 heterocycles. The number of nitrogens with zero attached hydrogens (tertiary/aromatic N) is 1. The van der Waals surface area contributed by atoms with Crippen molar-refractivity contribution in [2.45, 2.75) is 6.54 Å². The van der Waals surface area contributed by atoms with Crippen LogP contribution < -0.4 is 9.47 Å². The Morgan fingerprint density at radius 2 is 1.84 bits per heavy atom. The number of carbonyl (C=O) groups excluding carboxylic acids is 2. The molecule has 3 aromatic rings. The topological polar surface area (TPSA) is 55.8 Å². The summed E-state index contributed by atoms with van der Waals surface area (Å²) in [5, 5.41) is 1.84. The second-order valence-electron chi connectivity index (χ2n) is 6.92. The summed E-state index contributed by atoms with van der Waals surface area (Å²) in [6, 6.07) is 19.2. The van der Waals surface area contributed by atoms with Crippen molar-refractivity contribution in [1.29, 1.82) is 0 Å². The Bertz CT molecular complexity index is 1200. The van der Waals surface area contributed by atoms with Gasteiger partial charge in [-0.3, -0.25) is 14.5 Å². The standard InChI is InChI=1S/C25H21NO4S/c1-3-13-30-21-12-11-17(14-22(21)29-2)15-23-24(27)26(25(28)31-23)16-19-9-6-8-18-7-4-5-10-20(18)19/h3-12,14-15H,1,13,16H2,2H3/b23-15-. The summed E-state index contributed by atoms with van der Waals surface area (Å²) in [5.41, 5.74) is 1.69. The highest BCUT2D eigenvalue weighted by Crippen LogP contribution is 2.36. The monoisotopic (exact) mass is 431 g/mol. The molecule has 5 nitrogen and oxygen atoms in total. The van der Waals surface area contributed by atoms with E-state index in [1.165, 1.54) is 4.90 Å². The van der Waals surface area contributed by atoms with E-state index in [-0.39, 0.29) is 17.7 Å². The van der Waals surface area contributed by atoms with Crippen LogP contribution in [-0.4, -0.2) is 29.8 Å². The van der Waals surface area contributed by atoms with Gasteiger partial charge in [0.25, 0.3) is 11.1 Å². The highest BCUT2D eigenvalue weighted by molar-refractivity contribution is 8.18. The number of fused-ring (bicyclic) bond motifs is 1. The van der Waals surface area contributed by atoms with Crippen molar-refractivity contribution in [3.63, 3.8) is 0 Å². The van der Waals surface area contributed by atoms with Gasteiger partial charge in [0.15, 0.2) is 11.5 Å². The average molecular weight is 432 g/mol. The Morgan fingerprint density at radius 1 is 1.03 bits per heavy atom. The van der Waals surface area contributed by atoms with Crippen LogP contribution in [0.3, 0.4) is 0 Å². The minimum atomic E-state index is -0.297. The average Bonchev–Trinajstić information content (AvgIpc) is 3.05. The minimum Gasteiger partial charge on any atom is -0.493 e. The zero-order valence-electron chi connectivity index (χ0n) is 17.0. The Balaban J connectivity index is 1.58. The van der Waals surface area contributed by atoms with Gasteiger partial charge in [-0.2, -0.15) is 0 Å². The van der Waals surface area contributed by atoms with Gasteiger partial charge in [-0.1, -0.05) is 61.2 Å². The van der Waals surface area contributed by atoms with Crippen LogP contribution in [0.5, 0.6) is 11.5 Å². The van der Waals surface area contributed by atoms with E-state index in [1.54, 1.807) is 31.4 Å². The van der Waals surface area contributed by atoms with Crippen molar-refractivity contribution < 1.29 is 19.1 Å². The van der Waals surface area contributed by atoms with Gasteiger partial charge < -0.3 is 9.47 Å². The van der Waals surface area contributed by atoms with Crippen LogP contribution in [0.1, 0.15) is 11.1 Å². The fourth-order valence-corrected chi connectivity index (χ4v) is 4.27. The van der Waals surface area contributed by atoms with Crippen molar-refractivity contribution in [3.05, 3.63) is 89.4 Å². The molecule has 0 atom stereocenters. The molecule has 0 saturated carbocycles. The lowest BCUT2D eigenvalue weighted by Gasteiger charge is -2.14. The third-order valence-corrected chi connectivity index (χ3v) is 5.83. The zero-order chi connectivity index (χ0) is 21.8. The molecule has 31 heavy (non-hydrogen) atoms. The molecular formula is C25H21NO4S. The van der Waals surface area contributed by atoms with Gasteiger partial charge >= 0.3 is 0 Å². The number of ether oxygens (including phenoxy) is 2. The zero-order valence-corrected chi connectivity index (χ0v) is 17.9. The molecule has 3 aromatic carbocycles. The van der Waals surface area contributed by atoms with Gasteiger partial charge in [0.2, 0.25) is 0 Å². The second-order valence-corrected chi connectivity index (χ2v) is 7.91. The lowest BCUT2D eigenvalue weighted by molar-refractivity contribution is -0.123. The quantitative estimate of drug-likeness (QED) is 0.357. The third-order valence-electron chi connectivity index (χ3n) is 4.92. The number of carbonyl (C=O) groups is 2. The summed E-state index contributed by atoms with van der Waals surface area (Å²) >= 11 is 0.946. The van der Waals surface area contributed by atoms with Crippen LogP contribution in [0, 0.1) is 0 Å². The summed E-state index contributed by atoms with van der Waals surface area (Å²) in [6.07, 6.45) is 3.35. The third kappa shape index (κ3) is 4.34. The molecule has 0 radical (unpaired) electrons. The van der Waals surface area contributed by atoms with E-state index in [2.05, 4.69) is 6.58 Å².